The second kappa shape index (κ2) is 6.99. The van der Waals surface area contributed by atoms with Gasteiger partial charge in [-0.15, -0.1) is 0 Å². The number of rotatable bonds is 6. The summed E-state index contributed by atoms with van der Waals surface area (Å²) in [6.07, 6.45) is 0. The van der Waals surface area contributed by atoms with E-state index in [1.54, 1.807) is 33.1 Å². The predicted molar refractivity (Wildman–Crippen MR) is 81.5 cm³/mol. The minimum atomic E-state index is 0.388. The number of ether oxygens (including phenoxy) is 3. The van der Waals surface area contributed by atoms with Crippen molar-refractivity contribution in [3.05, 3.63) is 36.4 Å². The monoisotopic (exact) mass is 304 g/mol. The molecule has 6 heteroatoms. The summed E-state index contributed by atoms with van der Waals surface area (Å²) in [6.45, 7) is 0. The fourth-order valence-electron chi connectivity index (χ4n) is 1.82. The Kier molecular flexibility index (Phi) is 5.05. The van der Waals surface area contributed by atoms with E-state index in [1.165, 1.54) is 0 Å². The third kappa shape index (κ3) is 3.46. The summed E-state index contributed by atoms with van der Waals surface area (Å²) < 4.78 is 15.7. The molecule has 0 unspecified atom stereocenters. The van der Waals surface area contributed by atoms with Crippen molar-refractivity contribution in [2.24, 2.45) is 5.11 Å². The molecule has 0 radical (unpaired) electrons. The maximum absolute atomic E-state index is 7.21. The summed E-state index contributed by atoms with van der Waals surface area (Å²) in [6, 6.07) is 11.4. The van der Waals surface area contributed by atoms with Crippen molar-refractivity contribution in [3.63, 3.8) is 0 Å². The van der Waals surface area contributed by atoms with E-state index < -0.39 is 0 Å². The van der Waals surface area contributed by atoms with Crippen molar-refractivity contribution in [1.29, 1.82) is 5.53 Å². The summed E-state index contributed by atoms with van der Waals surface area (Å²) in [5.74, 6) is 1.85. The van der Waals surface area contributed by atoms with Gasteiger partial charge in [-0.2, -0.15) is 5.11 Å². The normalized spacial score (nSPS) is 10.0. The molecule has 0 heterocycles. The molecule has 0 spiro atoms. The Morgan fingerprint density at radius 2 is 1.43 bits per heavy atom. The Balaban J connectivity index is 2.32. The van der Waals surface area contributed by atoms with Crippen LogP contribution in [0, 0.1) is 5.53 Å². The molecule has 21 heavy (non-hydrogen) atoms. The molecule has 0 aliphatic carbocycles. The molecule has 2 rings (SSSR count). The van der Waals surface area contributed by atoms with Gasteiger partial charge in [0.05, 0.1) is 21.3 Å². The van der Waals surface area contributed by atoms with Crippen LogP contribution in [-0.4, -0.2) is 21.3 Å². The number of hydrogen-bond acceptors (Lipinski definition) is 6. The van der Waals surface area contributed by atoms with Crippen LogP contribution < -0.4 is 14.2 Å². The van der Waals surface area contributed by atoms with E-state index in [1.807, 2.05) is 36.4 Å². The number of benzene rings is 2. The molecule has 5 nitrogen and oxygen atoms in total. The molecule has 0 bridgehead atoms. The first-order valence-corrected chi connectivity index (χ1v) is 6.99. The van der Waals surface area contributed by atoms with Crippen LogP contribution in [0.2, 0.25) is 0 Å². The largest absolute Gasteiger partial charge is 0.497 e. The maximum Gasteiger partial charge on any atom is 0.169 e. The van der Waals surface area contributed by atoms with Gasteiger partial charge in [0.15, 0.2) is 17.2 Å². The average molecular weight is 304 g/mol. The number of nitrogens with zero attached hydrogens (tertiary/aromatic N) is 1. The number of nitrogens with one attached hydrogen (secondary N) is 1. The minimum Gasteiger partial charge on any atom is -0.497 e. The van der Waals surface area contributed by atoms with E-state index in [9.17, 15) is 0 Å². The van der Waals surface area contributed by atoms with Crippen LogP contribution in [0.3, 0.4) is 0 Å². The fraction of sp³-hybridized carbons (Fsp3) is 0.200. The fourth-order valence-corrected chi connectivity index (χ4v) is 2.69. The van der Waals surface area contributed by atoms with Crippen LogP contribution in [0.4, 0.5) is 5.69 Å². The molecule has 2 aromatic rings. The van der Waals surface area contributed by atoms with Crippen LogP contribution >= 0.6 is 11.8 Å². The standard InChI is InChI=1S/C15H16N2O3S/c1-18-10-4-6-11(7-5-10)21-12-8-13(19-2)15(17-16)14(9-12)20-3/h4-9,16H,1-3H3. The van der Waals surface area contributed by atoms with Crippen molar-refractivity contribution in [2.75, 3.05) is 21.3 Å². The highest BCUT2D eigenvalue weighted by molar-refractivity contribution is 7.99. The topological polar surface area (TPSA) is 63.9 Å². The molecule has 0 fully saturated rings. The van der Waals surface area contributed by atoms with Crippen LogP contribution in [0.5, 0.6) is 17.2 Å². The zero-order chi connectivity index (χ0) is 15.2. The van der Waals surface area contributed by atoms with Gasteiger partial charge >= 0.3 is 0 Å². The molecule has 1 N–H and O–H groups in total. The van der Waals surface area contributed by atoms with Gasteiger partial charge in [-0.1, -0.05) is 11.8 Å². The lowest BCUT2D eigenvalue weighted by Crippen LogP contribution is -1.90. The van der Waals surface area contributed by atoms with Gasteiger partial charge < -0.3 is 14.2 Å². The lowest BCUT2D eigenvalue weighted by molar-refractivity contribution is 0.394. The van der Waals surface area contributed by atoms with Crippen molar-refractivity contribution < 1.29 is 14.2 Å². The minimum absolute atomic E-state index is 0.388. The summed E-state index contributed by atoms with van der Waals surface area (Å²) in [5.41, 5.74) is 7.60. The Morgan fingerprint density at radius 3 is 1.86 bits per heavy atom. The summed E-state index contributed by atoms with van der Waals surface area (Å²) in [7, 11) is 4.73. The van der Waals surface area contributed by atoms with E-state index in [2.05, 4.69) is 5.11 Å². The molecule has 0 aromatic heterocycles. The summed E-state index contributed by atoms with van der Waals surface area (Å²) in [4.78, 5) is 2.01. The quantitative estimate of drug-likeness (QED) is 0.797. The van der Waals surface area contributed by atoms with Crippen LogP contribution in [0.15, 0.2) is 51.3 Å². The van der Waals surface area contributed by atoms with Gasteiger partial charge in [0.2, 0.25) is 0 Å². The molecule has 0 aliphatic rings. The van der Waals surface area contributed by atoms with E-state index in [0.29, 0.717) is 17.2 Å². The molecule has 0 saturated carbocycles. The average Bonchev–Trinajstić information content (AvgIpc) is 2.54. The molecule has 110 valence electrons. The molecule has 0 atom stereocenters. The number of hydrogen-bond donors (Lipinski definition) is 1. The maximum atomic E-state index is 7.21. The highest BCUT2D eigenvalue weighted by Crippen LogP contribution is 2.42. The van der Waals surface area contributed by atoms with Crippen molar-refractivity contribution in [1.82, 2.24) is 0 Å². The van der Waals surface area contributed by atoms with E-state index in [4.69, 9.17) is 19.7 Å². The molecule has 0 saturated heterocycles. The third-order valence-electron chi connectivity index (χ3n) is 2.86. The SMILES string of the molecule is COc1ccc(Sc2cc(OC)c(N=N)c(OC)c2)cc1. The second-order valence-corrected chi connectivity index (χ2v) is 5.21. The van der Waals surface area contributed by atoms with Crippen molar-refractivity contribution in [2.45, 2.75) is 9.79 Å². The molecular weight excluding hydrogens is 288 g/mol. The van der Waals surface area contributed by atoms with Gasteiger partial charge in [0.25, 0.3) is 0 Å². The van der Waals surface area contributed by atoms with Gasteiger partial charge in [-0.05, 0) is 36.4 Å². The highest BCUT2D eigenvalue weighted by atomic mass is 32.2. The molecule has 2 aromatic carbocycles. The zero-order valence-electron chi connectivity index (χ0n) is 12.0. The smallest absolute Gasteiger partial charge is 0.169 e. The van der Waals surface area contributed by atoms with E-state index in [-0.39, 0.29) is 0 Å². The highest BCUT2D eigenvalue weighted by Gasteiger charge is 2.12. The first-order chi connectivity index (χ1) is 10.2. The molecular formula is C15H16N2O3S. The van der Waals surface area contributed by atoms with Gasteiger partial charge in [0.1, 0.15) is 5.75 Å². The van der Waals surface area contributed by atoms with Gasteiger partial charge in [0, 0.05) is 9.79 Å². The van der Waals surface area contributed by atoms with Gasteiger partial charge in [-0.3, -0.25) is 0 Å². The first kappa shape index (κ1) is 15.2. The zero-order valence-corrected chi connectivity index (χ0v) is 12.9. The van der Waals surface area contributed by atoms with Crippen LogP contribution in [0.25, 0.3) is 0 Å². The Bertz CT molecular complexity index is 604. The van der Waals surface area contributed by atoms with Crippen molar-refractivity contribution in [3.8, 4) is 17.2 Å². The van der Waals surface area contributed by atoms with Crippen molar-refractivity contribution >= 4 is 17.4 Å². The first-order valence-electron chi connectivity index (χ1n) is 6.17. The van der Waals surface area contributed by atoms with Crippen LogP contribution in [-0.2, 0) is 0 Å². The summed E-state index contributed by atoms with van der Waals surface area (Å²) >= 11 is 1.57. The predicted octanol–water partition coefficient (Wildman–Crippen LogP) is 4.53. The molecule has 0 aliphatic heterocycles. The van der Waals surface area contributed by atoms with Gasteiger partial charge in [-0.25, -0.2) is 5.53 Å². The van der Waals surface area contributed by atoms with E-state index >= 15 is 0 Å². The lowest BCUT2D eigenvalue weighted by Gasteiger charge is -2.11. The molecule has 0 amide bonds. The second-order valence-electron chi connectivity index (χ2n) is 4.07. The van der Waals surface area contributed by atoms with Crippen LogP contribution in [0.1, 0.15) is 0 Å². The third-order valence-corrected chi connectivity index (χ3v) is 3.84. The summed E-state index contributed by atoms with van der Waals surface area (Å²) in [5, 5.41) is 3.46. The Labute approximate surface area is 127 Å². The van der Waals surface area contributed by atoms with E-state index in [0.717, 1.165) is 15.5 Å². The lowest BCUT2D eigenvalue weighted by atomic mass is 10.2. The number of methoxy groups -OCH3 is 3. The Hall–Kier alpha value is -2.21. The Morgan fingerprint density at radius 1 is 0.857 bits per heavy atom.